The van der Waals surface area contributed by atoms with Crippen molar-refractivity contribution in [2.45, 2.75) is 44.9 Å². The normalized spacial score (nSPS) is 12.8. The van der Waals surface area contributed by atoms with Crippen molar-refractivity contribution in [3.8, 4) is 0 Å². The van der Waals surface area contributed by atoms with E-state index in [1.807, 2.05) is 12.3 Å². The molecule has 0 aliphatic carbocycles. The lowest BCUT2D eigenvalue weighted by molar-refractivity contribution is 0.350. The van der Waals surface area contributed by atoms with Crippen molar-refractivity contribution in [1.82, 2.24) is 10.0 Å². The average molecular weight is 304 g/mol. The molecule has 110 valence electrons. The molecule has 4 nitrogen and oxygen atoms in total. The molecule has 19 heavy (non-hydrogen) atoms. The highest BCUT2D eigenvalue weighted by Gasteiger charge is 2.21. The molecule has 0 aliphatic heterocycles. The molecule has 0 radical (unpaired) electrons. The third-order valence-electron chi connectivity index (χ3n) is 3.17. The van der Waals surface area contributed by atoms with Gasteiger partial charge in [0.1, 0.15) is 4.21 Å². The first-order valence-corrected chi connectivity index (χ1v) is 8.95. The van der Waals surface area contributed by atoms with E-state index in [-0.39, 0.29) is 5.41 Å². The molecule has 0 aromatic carbocycles. The Morgan fingerprint density at radius 3 is 2.58 bits per heavy atom. The molecule has 0 saturated heterocycles. The van der Waals surface area contributed by atoms with Crippen LogP contribution >= 0.6 is 11.3 Å². The largest absolute Gasteiger partial charge is 0.313 e. The van der Waals surface area contributed by atoms with E-state index in [2.05, 4.69) is 30.8 Å². The van der Waals surface area contributed by atoms with Crippen molar-refractivity contribution in [3.05, 3.63) is 17.0 Å². The van der Waals surface area contributed by atoms with Crippen LogP contribution in [0.5, 0.6) is 0 Å². The third kappa shape index (κ3) is 5.22. The number of hydrogen-bond acceptors (Lipinski definition) is 4. The van der Waals surface area contributed by atoms with E-state index in [0.29, 0.717) is 17.3 Å². The summed E-state index contributed by atoms with van der Waals surface area (Å²) in [5, 5.41) is 5.08. The summed E-state index contributed by atoms with van der Waals surface area (Å²) in [7, 11) is -3.37. The summed E-state index contributed by atoms with van der Waals surface area (Å²) in [5.74, 6) is 0. The summed E-state index contributed by atoms with van der Waals surface area (Å²) < 4.78 is 27.4. The topological polar surface area (TPSA) is 58.2 Å². The second-order valence-corrected chi connectivity index (χ2v) is 8.30. The first kappa shape index (κ1) is 16.6. The highest BCUT2D eigenvalue weighted by Crippen LogP contribution is 2.22. The van der Waals surface area contributed by atoms with Crippen molar-refractivity contribution in [2.24, 2.45) is 5.41 Å². The maximum Gasteiger partial charge on any atom is 0.250 e. The predicted molar refractivity (Wildman–Crippen MR) is 81.0 cm³/mol. The van der Waals surface area contributed by atoms with Gasteiger partial charge in [0.2, 0.25) is 10.0 Å². The Morgan fingerprint density at radius 1 is 1.32 bits per heavy atom. The van der Waals surface area contributed by atoms with Crippen LogP contribution in [0.25, 0.3) is 0 Å². The third-order valence-corrected chi connectivity index (χ3v) is 6.06. The molecular formula is C13H24N2O2S2. The number of thiophene rings is 1. The Morgan fingerprint density at radius 2 is 2.00 bits per heavy atom. The number of nitrogens with one attached hydrogen (secondary N) is 2. The van der Waals surface area contributed by atoms with Crippen LogP contribution in [-0.2, 0) is 16.6 Å². The van der Waals surface area contributed by atoms with Gasteiger partial charge in [-0.15, -0.1) is 11.3 Å². The minimum absolute atomic E-state index is 0.0169. The number of hydrogen-bond donors (Lipinski definition) is 2. The van der Waals surface area contributed by atoms with E-state index in [1.165, 1.54) is 11.3 Å². The van der Waals surface area contributed by atoms with Crippen LogP contribution < -0.4 is 10.0 Å². The molecule has 2 N–H and O–H groups in total. The zero-order valence-electron chi connectivity index (χ0n) is 12.1. The molecule has 0 aliphatic rings. The van der Waals surface area contributed by atoms with Crippen LogP contribution in [0.1, 0.15) is 39.7 Å². The Labute approximate surface area is 120 Å². The second kappa shape index (κ2) is 6.83. The van der Waals surface area contributed by atoms with Gasteiger partial charge in [0.05, 0.1) is 0 Å². The maximum absolute atomic E-state index is 12.2. The highest BCUT2D eigenvalue weighted by molar-refractivity contribution is 7.91. The SMILES string of the molecule is CCNCc1csc(S(=O)(=O)NCC(C)(C)CC)c1. The summed E-state index contributed by atoms with van der Waals surface area (Å²) in [4.78, 5) is 0. The van der Waals surface area contributed by atoms with Gasteiger partial charge in [-0.05, 0) is 35.4 Å². The first-order valence-electron chi connectivity index (χ1n) is 6.58. The van der Waals surface area contributed by atoms with Gasteiger partial charge >= 0.3 is 0 Å². The summed E-state index contributed by atoms with van der Waals surface area (Å²) in [6.45, 7) is 10.3. The lowest BCUT2D eigenvalue weighted by atomic mass is 9.91. The van der Waals surface area contributed by atoms with E-state index >= 15 is 0 Å². The molecule has 0 atom stereocenters. The second-order valence-electron chi connectivity index (χ2n) is 5.40. The van der Waals surface area contributed by atoms with Crippen LogP contribution in [0.2, 0.25) is 0 Å². The van der Waals surface area contributed by atoms with Crippen molar-refractivity contribution >= 4 is 21.4 Å². The summed E-state index contributed by atoms with van der Waals surface area (Å²) in [6.07, 6.45) is 0.936. The summed E-state index contributed by atoms with van der Waals surface area (Å²) in [5.41, 5.74) is 0.999. The first-order chi connectivity index (χ1) is 8.80. The molecule has 0 spiro atoms. The van der Waals surface area contributed by atoms with Gasteiger partial charge in [-0.3, -0.25) is 0 Å². The van der Waals surface area contributed by atoms with E-state index in [0.717, 1.165) is 18.5 Å². The van der Waals surface area contributed by atoms with Gasteiger partial charge in [-0.1, -0.05) is 27.7 Å². The summed E-state index contributed by atoms with van der Waals surface area (Å²) >= 11 is 1.27. The number of rotatable bonds is 8. The van der Waals surface area contributed by atoms with E-state index in [4.69, 9.17) is 0 Å². The molecule has 0 amide bonds. The highest BCUT2D eigenvalue weighted by atomic mass is 32.2. The van der Waals surface area contributed by atoms with Gasteiger partial charge in [0.15, 0.2) is 0 Å². The van der Waals surface area contributed by atoms with E-state index < -0.39 is 10.0 Å². The van der Waals surface area contributed by atoms with Crippen LogP contribution in [-0.4, -0.2) is 21.5 Å². The molecule has 1 aromatic rings. The molecule has 6 heteroatoms. The summed E-state index contributed by atoms with van der Waals surface area (Å²) in [6, 6.07) is 1.74. The van der Waals surface area contributed by atoms with Crippen molar-refractivity contribution in [1.29, 1.82) is 0 Å². The molecule has 1 rings (SSSR count). The average Bonchev–Trinajstić information content (AvgIpc) is 2.84. The van der Waals surface area contributed by atoms with Crippen LogP contribution in [0.15, 0.2) is 15.7 Å². The van der Waals surface area contributed by atoms with Crippen LogP contribution in [0, 0.1) is 5.41 Å². The lowest BCUT2D eigenvalue weighted by Gasteiger charge is -2.22. The zero-order chi connectivity index (χ0) is 14.5. The van der Waals surface area contributed by atoms with E-state index in [1.54, 1.807) is 6.07 Å². The van der Waals surface area contributed by atoms with Gasteiger partial charge in [0, 0.05) is 13.1 Å². The smallest absolute Gasteiger partial charge is 0.250 e. The minimum atomic E-state index is -3.37. The molecule has 0 fully saturated rings. The molecule has 0 bridgehead atoms. The Balaban J connectivity index is 2.69. The Hall–Kier alpha value is -0.430. The lowest BCUT2D eigenvalue weighted by Crippen LogP contribution is -2.33. The number of sulfonamides is 1. The van der Waals surface area contributed by atoms with Gasteiger partial charge < -0.3 is 5.32 Å². The Bertz CT molecular complexity index is 492. The minimum Gasteiger partial charge on any atom is -0.313 e. The van der Waals surface area contributed by atoms with Crippen molar-refractivity contribution in [3.63, 3.8) is 0 Å². The van der Waals surface area contributed by atoms with Crippen molar-refractivity contribution < 1.29 is 8.42 Å². The standard InChI is InChI=1S/C13H24N2O2S2/c1-5-13(3,4)10-15-19(16,17)12-7-11(9-18-12)8-14-6-2/h7,9,14-15H,5-6,8,10H2,1-4H3. The monoisotopic (exact) mass is 304 g/mol. The van der Waals surface area contributed by atoms with Gasteiger partial charge in [0.25, 0.3) is 0 Å². The van der Waals surface area contributed by atoms with Gasteiger partial charge in [-0.25, -0.2) is 13.1 Å². The van der Waals surface area contributed by atoms with Crippen molar-refractivity contribution in [2.75, 3.05) is 13.1 Å². The molecule has 1 aromatic heterocycles. The van der Waals surface area contributed by atoms with Crippen LogP contribution in [0.3, 0.4) is 0 Å². The maximum atomic E-state index is 12.2. The van der Waals surface area contributed by atoms with E-state index in [9.17, 15) is 8.42 Å². The molecular weight excluding hydrogens is 280 g/mol. The zero-order valence-corrected chi connectivity index (χ0v) is 13.7. The molecule has 0 saturated carbocycles. The van der Waals surface area contributed by atoms with Gasteiger partial charge in [-0.2, -0.15) is 0 Å². The quantitative estimate of drug-likeness (QED) is 0.776. The molecule has 0 unspecified atom stereocenters. The molecule has 1 heterocycles. The Kier molecular flexibility index (Phi) is 5.98. The predicted octanol–water partition coefficient (Wildman–Crippen LogP) is 2.57. The fourth-order valence-corrected chi connectivity index (χ4v) is 3.84. The van der Waals surface area contributed by atoms with Crippen LogP contribution in [0.4, 0.5) is 0 Å². The fourth-order valence-electron chi connectivity index (χ4n) is 1.34. The fraction of sp³-hybridized carbons (Fsp3) is 0.692.